The molecule has 2 aromatic carbocycles. The zero-order valence-corrected chi connectivity index (χ0v) is 13.9. The van der Waals surface area contributed by atoms with Crippen LogP contribution in [0.15, 0.2) is 66.9 Å². The van der Waals surface area contributed by atoms with Gasteiger partial charge in [0.05, 0.1) is 16.6 Å². The Morgan fingerprint density at radius 3 is 2.52 bits per heavy atom. The summed E-state index contributed by atoms with van der Waals surface area (Å²) in [6.07, 6.45) is 3.11. The van der Waals surface area contributed by atoms with Crippen molar-refractivity contribution in [2.45, 2.75) is 18.3 Å². The summed E-state index contributed by atoms with van der Waals surface area (Å²) < 4.78 is 5.52. The van der Waals surface area contributed by atoms with Gasteiger partial charge in [0.25, 0.3) is 0 Å². The third kappa shape index (κ3) is 2.89. The number of hydrogen-bond donors (Lipinski definition) is 1. The fraction of sp³-hybridized carbons (Fsp3) is 0.238. The van der Waals surface area contributed by atoms with E-state index < -0.39 is 5.41 Å². The summed E-state index contributed by atoms with van der Waals surface area (Å²) in [4.78, 5) is 17.8. The number of nitrogens with one attached hydrogen (secondary N) is 1. The van der Waals surface area contributed by atoms with Gasteiger partial charge in [0.1, 0.15) is 0 Å². The SMILES string of the molecule is O=C(Nc1cccc2cccnc12)C1(c2ccccc2)CCOCC1. The summed E-state index contributed by atoms with van der Waals surface area (Å²) in [6, 6.07) is 19.8. The van der Waals surface area contributed by atoms with Gasteiger partial charge in [-0.3, -0.25) is 9.78 Å². The molecule has 25 heavy (non-hydrogen) atoms. The number of aromatic nitrogens is 1. The lowest BCUT2D eigenvalue weighted by Crippen LogP contribution is -2.44. The van der Waals surface area contributed by atoms with Crippen molar-refractivity contribution < 1.29 is 9.53 Å². The molecule has 0 bridgehead atoms. The first kappa shape index (κ1) is 15.8. The van der Waals surface area contributed by atoms with Crippen LogP contribution in [0, 0.1) is 0 Å². The highest BCUT2D eigenvalue weighted by Gasteiger charge is 2.41. The second-order valence-corrected chi connectivity index (χ2v) is 6.40. The lowest BCUT2D eigenvalue weighted by molar-refractivity contribution is -0.125. The minimum Gasteiger partial charge on any atom is -0.381 e. The molecule has 4 heteroatoms. The average molecular weight is 332 g/mol. The van der Waals surface area contributed by atoms with Crippen LogP contribution >= 0.6 is 0 Å². The Kier molecular flexibility index (Phi) is 4.20. The highest BCUT2D eigenvalue weighted by Crippen LogP contribution is 2.36. The molecule has 4 nitrogen and oxygen atoms in total. The van der Waals surface area contributed by atoms with Crippen LogP contribution in [-0.2, 0) is 14.9 Å². The van der Waals surface area contributed by atoms with Crippen molar-refractivity contribution in [1.82, 2.24) is 4.98 Å². The number of benzene rings is 2. The number of rotatable bonds is 3. The average Bonchev–Trinajstić information content (AvgIpc) is 2.69. The van der Waals surface area contributed by atoms with E-state index in [2.05, 4.69) is 10.3 Å². The molecule has 1 aliphatic rings. The van der Waals surface area contributed by atoms with E-state index in [1.54, 1.807) is 6.20 Å². The van der Waals surface area contributed by atoms with E-state index in [0.29, 0.717) is 26.1 Å². The van der Waals surface area contributed by atoms with E-state index in [1.165, 1.54) is 0 Å². The van der Waals surface area contributed by atoms with Gasteiger partial charge < -0.3 is 10.1 Å². The molecule has 4 rings (SSSR count). The van der Waals surface area contributed by atoms with Crippen LogP contribution in [0.5, 0.6) is 0 Å². The smallest absolute Gasteiger partial charge is 0.235 e. The van der Waals surface area contributed by atoms with E-state index >= 15 is 0 Å². The molecule has 1 fully saturated rings. The van der Waals surface area contributed by atoms with Gasteiger partial charge in [-0.1, -0.05) is 48.5 Å². The van der Waals surface area contributed by atoms with E-state index in [4.69, 9.17) is 4.74 Å². The number of ether oxygens (including phenoxy) is 1. The maximum absolute atomic E-state index is 13.3. The van der Waals surface area contributed by atoms with Crippen LogP contribution in [0.4, 0.5) is 5.69 Å². The molecule has 2 heterocycles. The van der Waals surface area contributed by atoms with Gasteiger partial charge in [-0.2, -0.15) is 0 Å². The van der Waals surface area contributed by atoms with Gasteiger partial charge in [0.15, 0.2) is 0 Å². The van der Waals surface area contributed by atoms with Crippen molar-refractivity contribution in [1.29, 1.82) is 0 Å². The molecule has 0 unspecified atom stereocenters. The fourth-order valence-electron chi connectivity index (χ4n) is 3.57. The van der Waals surface area contributed by atoms with Crippen LogP contribution in [-0.4, -0.2) is 24.1 Å². The number of carbonyl (C=O) groups excluding carboxylic acids is 1. The molecular weight excluding hydrogens is 312 g/mol. The van der Waals surface area contributed by atoms with Crippen LogP contribution in [0.1, 0.15) is 18.4 Å². The largest absolute Gasteiger partial charge is 0.381 e. The van der Waals surface area contributed by atoms with Gasteiger partial charge >= 0.3 is 0 Å². The number of para-hydroxylation sites is 1. The number of hydrogen-bond acceptors (Lipinski definition) is 3. The summed E-state index contributed by atoms with van der Waals surface area (Å²) in [7, 11) is 0. The summed E-state index contributed by atoms with van der Waals surface area (Å²) in [6.45, 7) is 1.19. The molecule has 1 N–H and O–H groups in total. The minimum atomic E-state index is -0.559. The molecule has 126 valence electrons. The number of amides is 1. The predicted octanol–water partition coefficient (Wildman–Crippen LogP) is 3.92. The standard InChI is InChI=1S/C21H20N2O2/c24-20(23-18-10-4-6-16-7-5-13-22-19(16)18)21(11-14-25-15-12-21)17-8-2-1-3-9-17/h1-10,13H,11-12,14-15H2,(H,23,24). The Balaban J connectivity index is 1.72. The van der Waals surface area contributed by atoms with E-state index in [0.717, 1.165) is 22.2 Å². The molecule has 0 spiro atoms. The Morgan fingerprint density at radius 2 is 1.72 bits per heavy atom. The second kappa shape index (κ2) is 6.65. The monoisotopic (exact) mass is 332 g/mol. The van der Waals surface area contributed by atoms with Crippen molar-refractivity contribution >= 4 is 22.5 Å². The summed E-state index contributed by atoms with van der Waals surface area (Å²) in [5.41, 5.74) is 2.05. The predicted molar refractivity (Wildman–Crippen MR) is 98.5 cm³/mol. The van der Waals surface area contributed by atoms with Crippen LogP contribution in [0.25, 0.3) is 10.9 Å². The highest BCUT2D eigenvalue weighted by atomic mass is 16.5. The van der Waals surface area contributed by atoms with Crippen LogP contribution in [0.3, 0.4) is 0 Å². The Labute approximate surface area is 146 Å². The van der Waals surface area contributed by atoms with Gasteiger partial charge in [-0.15, -0.1) is 0 Å². The second-order valence-electron chi connectivity index (χ2n) is 6.40. The first-order chi connectivity index (χ1) is 12.3. The van der Waals surface area contributed by atoms with Gasteiger partial charge in [-0.05, 0) is 30.5 Å². The summed E-state index contributed by atoms with van der Waals surface area (Å²) in [5.74, 6) is 0.0140. The topological polar surface area (TPSA) is 51.2 Å². The van der Waals surface area contributed by atoms with Crippen molar-refractivity contribution in [3.8, 4) is 0 Å². The lowest BCUT2D eigenvalue weighted by atomic mass is 9.73. The third-order valence-corrected chi connectivity index (χ3v) is 4.99. The maximum atomic E-state index is 13.3. The molecule has 3 aromatic rings. The van der Waals surface area contributed by atoms with E-state index in [9.17, 15) is 4.79 Å². The summed E-state index contributed by atoms with van der Waals surface area (Å²) >= 11 is 0. The first-order valence-electron chi connectivity index (χ1n) is 8.58. The molecule has 0 radical (unpaired) electrons. The molecule has 1 saturated heterocycles. The summed E-state index contributed by atoms with van der Waals surface area (Å²) in [5, 5.41) is 4.15. The Morgan fingerprint density at radius 1 is 0.960 bits per heavy atom. The Bertz CT molecular complexity index is 881. The fourth-order valence-corrected chi connectivity index (χ4v) is 3.57. The van der Waals surface area contributed by atoms with Gasteiger partial charge in [0.2, 0.25) is 5.91 Å². The van der Waals surface area contributed by atoms with Gasteiger partial charge in [-0.25, -0.2) is 0 Å². The number of nitrogens with zero attached hydrogens (tertiary/aromatic N) is 1. The zero-order chi connectivity index (χ0) is 17.1. The third-order valence-electron chi connectivity index (χ3n) is 4.99. The molecule has 0 saturated carbocycles. The number of carbonyl (C=O) groups is 1. The van der Waals surface area contributed by atoms with E-state index in [1.807, 2.05) is 60.7 Å². The van der Waals surface area contributed by atoms with Crippen LogP contribution in [0.2, 0.25) is 0 Å². The molecule has 1 aliphatic heterocycles. The number of fused-ring (bicyclic) bond motifs is 1. The highest BCUT2D eigenvalue weighted by molar-refractivity contribution is 6.04. The van der Waals surface area contributed by atoms with E-state index in [-0.39, 0.29) is 5.91 Å². The van der Waals surface area contributed by atoms with Crippen molar-refractivity contribution in [2.75, 3.05) is 18.5 Å². The number of pyridine rings is 1. The molecular formula is C21H20N2O2. The maximum Gasteiger partial charge on any atom is 0.235 e. The van der Waals surface area contributed by atoms with Crippen molar-refractivity contribution in [2.24, 2.45) is 0 Å². The molecule has 1 amide bonds. The van der Waals surface area contributed by atoms with Gasteiger partial charge in [0, 0.05) is 24.8 Å². The Hall–Kier alpha value is -2.72. The van der Waals surface area contributed by atoms with Crippen molar-refractivity contribution in [3.05, 3.63) is 72.4 Å². The minimum absolute atomic E-state index is 0.0140. The van der Waals surface area contributed by atoms with Crippen molar-refractivity contribution in [3.63, 3.8) is 0 Å². The van der Waals surface area contributed by atoms with Crippen LogP contribution < -0.4 is 5.32 Å². The zero-order valence-electron chi connectivity index (χ0n) is 13.9. The normalized spacial score (nSPS) is 16.5. The molecule has 0 aliphatic carbocycles. The lowest BCUT2D eigenvalue weighted by Gasteiger charge is -2.36. The number of anilines is 1. The first-order valence-corrected chi connectivity index (χ1v) is 8.58. The molecule has 1 aromatic heterocycles. The molecule has 0 atom stereocenters. The quantitative estimate of drug-likeness (QED) is 0.791.